The summed E-state index contributed by atoms with van der Waals surface area (Å²) in [6.45, 7) is 10.3. The van der Waals surface area contributed by atoms with Crippen molar-refractivity contribution >= 4 is 5.69 Å². The average molecular weight is 352 g/mol. The first-order valence-electron chi connectivity index (χ1n) is 7.10. The van der Waals surface area contributed by atoms with Crippen LogP contribution in [0.1, 0.15) is 41.5 Å². The monoisotopic (exact) mass is 352 g/mol. The van der Waals surface area contributed by atoms with E-state index in [1.807, 2.05) is 24.3 Å². The van der Waals surface area contributed by atoms with Gasteiger partial charge in [-0.3, -0.25) is 0 Å². The molecule has 0 saturated heterocycles. The molecule has 1 aromatic carbocycles. The van der Waals surface area contributed by atoms with Crippen LogP contribution in [0.15, 0.2) is 28.1 Å². The number of benzene rings is 1. The molecule has 0 aliphatic heterocycles. The Morgan fingerprint density at radius 3 is 1.27 bits per heavy atom. The van der Waals surface area contributed by atoms with Crippen LogP contribution in [0.25, 0.3) is 0 Å². The number of hydrogen-bond donors (Lipinski definition) is 3. The molecule has 6 heteroatoms. The summed E-state index contributed by atoms with van der Waals surface area (Å²) >= 11 is 2.17. The molecular formula is C16H31NO4V. The summed E-state index contributed by atoms with van der Waals surface area (Å²) in [4.78, 5) is 0. The van der Waals surface area contributed by atoms with E-state index in [0.29, 0.717) is 0 Å². The third-order valence-corrected chi connectivity index (χ3v) is 1.55. The molecule has 1 aromatic rings. The number of aliphatic hydroxyl groups excluding tert-OH is 3. The molecule has 129 valence electrons. The van der Waals surface area contributed by atoms with Gasteiger partial charge in [0.1, 0.15) is 0 Å². The minimum absolute atomic E-state index is 0.167. The van der Waals surface area contributed by atoms with Crippen molar-refractivity contribution in [3.63, 3.8) is 0 Å². The zero-order valence-electron chi connectivity index (χ0n) is 14.7. The molecule has 0 unspecified atom stereocenters. The summed E-state index contributed by atoms with van der Waals surface area (Å²) in [7, 11) is 1.65. The van der Waals surface area contributed by atoms with Gasteiger partial charge in [-0.05, 0) is 41.5 Å². The fourth-order valence-electron chi connectivity index (χ4n) is 0.649. The molecule has 3 N–H and O–H groups in total. The Morgan fingerprint density at radius 2 is 1.09 bits per heavy atom. The first-order valence-corrected chi connectivity index (χ1v) is 7.72. The number of hydrogen-bond acceptors (Lipinski definition) is 5. The molecule has 0 heterocycles. The summed E-state index contributed by atoms with van der Waals surface area (Å²) < 4.78 is 8.89. The molecule has 0 aliphatic rings. The quantitative estimate of drug-likeness (QED) is 0.763. The summed E-state index contributed by atoms with van der Waals surface area (Å²) in [5.41, 5.74) is 0.945. The third-order valence-electron chi connectivity index (χ3n) is 1.19. The summed E-state index contributed by atoms with van der Waals surface area (Å²) in [6.07, 6.45) is -0.500. The summed E-state index contributed by atoms with van der Waals surface area (Å²) in [5.74, 6) is 0.861. The SMILES string of the molecule is CC(C)O.CC(C)O.CC(C)O.COc1ccc([N]=[V])cc1. The van der Waals surface area contributed by atoms with E-state index in [2.05, 4.69) is 21.0 Å². The van der Waals surface area contributed by atoms with Crippen molar-refractivity contribution in [3.05, 3.63) is 24.3 Å². The van der Waals surface area contributed by atoms with Gasteiger partial charge < -0.3 is 15.3 Å². The van der Waals surface area contributed by atoms with Crippen LogP contribution in [0.3, 0.4) is 0 Å². The maximum atomic E-state index is 8.06. The van der Waals surface area contributed by atoms with Crippen LogP contribution in [0.4, 0.5) is 5.69 Å². The number of ether oxygens (including phenoxy) is 1. The van der Waals surface area contributed by atoms with Crippen LogP contribution >= 0.6 is 0 Å². The van der Waals surface area contributed by atoms with E-state index in [4.69, 9.17) is 20.1 Å². The molecular weight excluding hydrogens is 321 g/mol. The van der Waals surface area contributed by atoms with Gasteiger partial charge in [0.2, 0.25) is 0 Å². The standard InChI is InChI=1S/C7H7NO.3C3H8O.V/c1-9-7-4-2-6(8)3-5-7;3*1-3(2)4;/h2-5H,1H3;3*3-4H,1-2H3;. The Kier molecular flexibility index (Phi) is 21.8. The second-order valence-electron chi connectivity index (χ2n) is 5.08. The van der Waals surface area contributed by atoms with E-state index < -0.39 is 0 Å². The van der Waals surface area contributed by atoms with E-state index in [1.54, 1.807) is 48.7 Å². The van der Waals surface area contributed by atoms with Crippen molar-refractivity contribution in [1.29, 1.82) is 0 Å². The maximum absolute atomic E-state index is 8.06. The minimum atomic E-state index is -0.167. The molecule has 0 bridgehead atoms. The van der Waals surface area contributed by atoms with Gasteiger partial charge in [-0.25, -0.2) is 0 Å². The Labute approximate surface area is 144 Å². The molecule has 0 amide bonds. The van der Waals surface area contributed by atoms with Crippen LogP contribution in [0.5, 0.6) is 5.75 Å². The summed E-state index contributed by atoms with van der Waals surface area (Å²) in [5, 5.41) is 24.2. The van der Waals surface area contributed by atoms with E-state index in [1.165, 1.54) is 0 Å². The van der Waals surface area contributed by atoms with E-state index in [9.17, 15) is 0 Å². The zero-order valence-corrected chi connectivity index (χ0v) is 16.1. The molecule has 1 rings (SSSR count). The second kappa shape index (κ2) is 18.3. The Morgan fingerprint density at radius 1 is 0.818 bits per heavy atom. The van der Waals surface area contributed by atoms with E-state index in [0.717, 1.165) is 11.4 Å². The number of methoxy groups -OCH3 is 1. The average Bonchev–Trinajstić information content (AvgIpc) is 2.37. The van der Waals surface area contributed by atoms with Crippen LogP contribution in [-0.2, 0) is 17.2 Å². The molecule has 0 aliphatic carbocycles. The Bertz CT molecular complexity index is 318. The first kappa shape index (κ1) is 26.2. The predicted octanol–water partition coefficient (Wildman–Crippen LogP) is 3.22. The zero-order chi connectivity index (χ0) is 18.1. The topological polar surface area (TPSA) is 82.3 Å². The molecule has 0 atom stereocenters. The number of aliphatic hydroxyl groups is 3. The van der Waals surface area contributed by atoms with Crippen molar-refractivity contribution in [2.24, 2.45) is 3.79 Å². The molecule has 0 aromatic heterocycles. The van der Waals surface area contributed by atoms with Gasteiger partial charge in [0.05, 0.1) is 0 Å². The van der Waals surface area contributed by atoms with Gasteiger partial charge in [0, 0.05) is 18.3 Å². The van der Waals surface area contributed by atoms with Crippen molar-refractivity contribution in [2.45, 2.75) is 59.9 Å². The Balaban J connectivity index is -0.000000253. The molecule has 22 heavy (non-hydrogen) atoms. The van der Waals surface area contributed by atoms with Gasteiger partial charge in [-0.2, -0.15) is 0 Å². The van der Waals surface area contributed by atoms with E-state index in [-0.39, 0.29) is 18.3 Å². The molecule has 0 saturated carbocycles. The van der Waals surface area contributed by atoms with E-state index >= 15 is 0 Å². The molecule has 5 nitrogen and oxygen atoms in total. The van der Waals surface area contributed by atoms with Gasteiger partial charge in [0.25, 0.3) is 0 Å². The number of nitrogens with zero attached hydrogens (tertiary/aromatic N) is 1. The fraction of sp³-hybridized carbons (Fsp3) is 0.625. The van der Waals surface area contributed by atoms with Crippen molar-refractivity contribution in [3.8, 4) is 5.75 Å². The van der Waals surface area contributed by atoms with Crippen LogP contribution in [0.2, 0.25) is 0 Å². The van der Waals surface area contributed by atoms with Gasteiger partial charge in [-0.1, -0.05) is 0 Å². The fourth-order valence-corrected chi connectivity index (χ4v) is 0.857. The normalized spacial score (nSPS) is 8.91. The Hall–Kier alpha value is -0.716. The first-order chi connectivity index (χ1) is 10.1. The second-order valence-corrected chi connectivity index (χ2v) is 5.39. The van der Waals surface area contributed by atoms with Crippen molar-refractivity contribution < 1.29 is 37.3 Å². The van der Waals surface area contributed by atoms with Crippen molar-refractivity contribution in [2.75, 3.05) is 7.11 Å². The molecule has 0 radical (unpaired) electrons. The number of rotatable bonds is 2. The van der Waals surface area contributed by atoms with Crippen LogP contribution in [-0.4, -0.2) is 40.7 Å². The predicted molar refractivity (Wildman–Crippen MR) is 87.1 cm³/mol. The van der Waals surface area contributed by atoms with Crippen LogP contribution in [0, 0.1) is 0 Å². The van der Waals surface area contributed by atoms with Crippen molar-refractivity contribution in [1.82, 2.24) is 0 Å². The summed E-state index contributed by atoms with van der Waals surface area (Å²) in [6, 6.07) is 7.56. The van der Waals surface area contributed by atoms with Gasteiger partial charge in [-0.15, -0.1) is 0 Å². The molecule has 0 fully saturated rings. The van der Waals surface area contributed by atoms with Gasteiger partial charge in [0.15, 0.2) is 0 Å². The molecule has 0 spiro atoms. The van der Waals surface area contributed by atoms with Gasteiger partial charge >= 0.3 is 68.6 Å². The van der Waals surface area contributed by atoms with Crippen LogP contribution < -0.4 is 4.74 Å². The third kappa shape index (κ3) is 36.5.